The lowest BCUT2D eigenvalue weighted by Crippen LogP contribution is -2.36. The van der Waals surface area contributed by atoms with E-state index in [1.165, 1.54) is 36.7 Å². The van der Waals surface area contributed by atoms with E-state index in [2.05, 4.69) is 19.7 Å². The Labute approximate surface area is 220 Å². The first-order valence-corrected chi connectivity index (χ1v) is 11.9. The largest absolute Gasteiger partial charge is 0.495 e. The molecule has 0 N–H and O–H groups in total. The van der Waals surface area contributed by atoms with Crippen molar-refractivity contribution in [3.63, 3.8) is 0 Å². The van der Waals surface area contributed by atoms with E-state index in [0.29, 0.717) is 23.2 Å². The average Bonchev–Trinajstić information content (AvgIpc) is 3.72. The summed E-state index contributed by atoms with van der Waals surface area (Å²) >= 11 is 0. The molecule has 1 fully saturated rings. The van der Waals surface area contributed by atoms with Gasteiger partial charge in [-0.25, -0.2) is 15.0 Å². The number of rotatable bonds is 11. The molecule has 3 atom stereocenters. The number of amides is 1. The van der Waals surface area contributed by atoms with Gasteiger partial charge in [0, 0.05) is 48.1 Å². The average molecular weight is 553 g/mol. The van der Waals surface area contributed by atoms with Crippen LogP contribution >= 0.6 is 0 Å². The Bertz CT molecular complexity index is 1260. The zero-order valence-electron chi connectivity index (χ0n) is 20.9. The molecule has 0 radical (unpaired) electrons. The fourth-order valence-electron chi connectivity index (χ4n) is 4.05. The van der Waals surface area contributed by atoms with Crippen molar-refractivity contribution in [3.05, 3.63) is 60.8 Å². The molecule has 1 amide bonds. The van der Waals surface area contributed by atoms with Gasteiger partial charge in [-0.05, 0) is 43.2 Å². The van der Waals surface area contributed by atoms with E-state index in [4.69, 9.17) is 9.47 Å². The zero-order chi connectivity index (χ0) is 28.2. The molecule has 1 aliphatic carbocycles. The van der Waals surface area contributed by atoms with Crippen LogP contribution in [0.15, 0.2) is 55.1 Å². The molecule has 39 heavy (non-hydrogen) atoms. The molecule has 0 saturated heterocycles. The summed E-state index contributed by atoms with van der Waals surface area (Å²) in [6.45, 7) is -2.65. The van der Waals surface area contributed by atoms with Crippen molar-refractivity contribution in [2.75, 3.05) is 25.2 Å². The number of anilines is 1. The van der Waals surface area contributed by atoms with Gasteiger partial charge in [0.25, 0.3) is 0 Å². The Hall–Kier alpha value is -3.87. The van der Waals surface area contributed by atoms with Gasteiger partial charge in [0.05, 0.1) is 19.4 Å². The van der Waals surface area contributed by atoms with Gasteiger partial charge < -0.3 is 19.1 Å². The van der Waals surface area contributed by atoms with Crippen LogP contribution in [-0.4, -0.2) is 60.0 Å². The lowest BCUT2D eigenvalue weighted by atomic mass is 10.1. The SMILES string of the molecule is COc1cc(-c2ccc(O[C@@H](C)C(F)(F)F)nc2)ccc1N(CCOC(F)F)C(=O)[C@@H]1C[C@H]1c1ccncn1. The van der Waals surface area contributed by atoms with Crippen LogP contribution in [0.25, 0.3) is 11.1 Å². The first-order chi connectivity index (χ1) is 18.6. The monoisotopic (exact) mass is 552 g/mol. The van der Waals surface area contributed by atoms with E-state index < -0.39 is 31.4 Å². The lowest BCUT2D eigenvalue weighted by Gasteiger charge is -2.25. The third kappa shape index (κ3) is 6.96. The third-order valence-electron chi connectivity index (χ3n) is 6.22. The molecule has 13 heteroatoms. The highest BCUT2D eigenvalue weighted by atomic mass is 19.4. The Morgan fingerprint density at radius 3 is 2.51 bits per heavy atom. The standard InChI is InChI=1S/C26H25F5N4O4/c1-15(26(29,30)31)39-23-6-4-17(13-33-23)16-3-5-21(22(11-16)37-2)35(9-10-38-25(27)28)24(36)19-12-18(19)20-7-8-32-14-34-20/h3-8,11,13-15,18-19,25H,9-10,12H2,1-2H3/t15-,18+,19+/m0/s1. The van der Waals surface area contributed by atoms with Crippen LogP contribution in [0.1, 0.15) is 25.0 Å². The van der Waals surface area contributed by atoms with Gasteiger partial charge >= 0.3 is 12.8 Å². The van der Waals surface area contributed by atoms with Crippen LogP contribution in [0, 0.1) is 5.92 Å². The minimum absolute atomic E-state index is 0.115. The molecule has 0 unspecified atom stereocenters. The molecular formula is C26H25F5N4O4. The molecule has 1 aromatic carbocycles. The Kier molecular flexibility index (Phi) is 8.58. The minimum Gasteiger partial charge on any atom is -0.495 e. The van der Waals surface area contributed by atoms with Gasteiger partial charge in [0.15, 0.2) is 6.10 Å². The maximum atomic E-state index is 13.5. The van der Waals surface area contributed by atoms with E-state index in [0.717, 1.165) is 12.6 Å². The van der Waals surface area contributed by atoms with Gasteiger partial charge in [-0.15, -0.1) is 0 Å². The number of alkyl halides is 5. The topological polar surface area (TPSA) is 86.7 Å². The molecule has 3 aromatic rings. The first kappa shape index (κ1) is 28.1. The van der Waals surface area contributed by atoms with Crippen LogP contribution in [0.4, 0.5) is 27.6 Å². The van der Waals surface area contributed by atoms with Crippen molar-refractivity contribution in [2.45, 2.75) is 38.2 Å². The number of ether oxygens (including phenoxy) is 3. The van der Waals surface area contributed by atoms with Crippen molar-refractivity contribution in [2.24, 2.45) is 5.92 Å². The highest BCUT2D eigenvalue weighted by Crippen LogP contribution is 2.48. The van der Waals surface area contributed by atoms with Crippen LogP contribution in [0.5, 0.6) is 11.6 Å². The Morgan fingerprint density at radius 2 is 1.90 bits per heavy atom. The zero-order valence-corrected chi connectivity index (χ0v) is 20.9. The van der Waals surface area contributed by atoms with E-state index >= 15 is 0 Å². The van der Waals surface area contributed by atoms with Crippen molar-refractivity contribution < 1.29 is 41.0 Å². The molecule has 0 aliphatic heterocycles. The summed E-state index contributed by atoms with van der Waals surface area (Å²) in [6, 6.07) is 9.47. The van der Waals surface area contributed by atoms with Crippen molar-refractivity contribution in [1.29, 1.82) is 0 Å². The highest BCUT2D eigenvalue weighted by Gasteiger charge is 2.47. The van der Waals surface area contributed by atoms with Crippen LogP contribution in [0.2, 0.25) is 0 Å². The van der Waals surface area contributed by atoms with E-state index in [9.17, 15) is 26.7 Å². The molecule has 0 spiro atoms. The molecule has 2 aromatic heterocycles. The Balaban J connectivity index is 1.55. The summed E-state index contributed by atoms with van der Waals surface area (Å²) in [4.78, 5) is 26.8. The molecule has 0 bridgehead atoms. The van der Waals surface area contributed by atoms with E-state index in [-0.39, 0.29) is 30.0 Å². The number of hydrogen-bond acceptors (Lipinski definition) is 7. The number of halogens is 5. The number of carbonyl (C=O) groups is 1. The Morgan fingerprint density at radius 1 is 1.13 bits per heavy atom. The molecule has 2 heterocycles. The minimum atomic E-state index is -4.53. The highest BCUT2D eigenvalue weighted by molar-refractivity contribution is 5.99. The number of pyridine rings is 1. The number of hydrogen-bond donors (Lipinski definition) is 0. The van der Waals surface area contributed by atoms with Gasteiger partial charge in [-0.1, -0.05) is 6.07 Å². The van der Waals surface area contributed by atoms with Crippen LogP contribution < -0.4 is 14.4 Å². The van der Waals surface area contributed by atoms with Gasteiger partial charge in [-0.2, -0.15) is 22.0 Å². The maximum absolute atomic E-state index is 13.5. The van der Waals surface area contributed by atoms with E-state index in [1.807, 2.05) is 0 Å². The number of methoxy groups -OCH3 is 1. The second kappa shape index (κ2) is 11.9. The number of nitrogens with zero attached hydrogens (tertiary/aromatic N) is 4. The third-order valence-corrected chi connectivity index (χ3v) is 6.22. The second-order valence-electron chi connectivity index (χ2n) is 8.78. The molecule has 8 nitrogen and oxygen atoms in total. The fraction of sp³-hybridized carbons (Fsp3) is 0.385. The fourth-order valence-corrected chi connectivity index (χ4v) is 4.05. The molecule has 1 saturated carbocycles. The summed E-state index contributed by atoms with van der Waals surface area (Å²) in [5.74, 6) is -0.707. The van der Waals surface area contributed by atoms with E-state index in [1.54, 1.807) is 30.5 Å². The normalized spacial score (nSPS) is 17.5. The summed E-state index contributed by atoms with van der Waals surface area (Å²) in [5, 5.41) is 0. The summed E-state index contributed by atoms with van der Waals surface area (Å²) in [7, 11) is 1.40. The van der Waals surface area contributed by atoms with Crippen molar-refractivity contribution >= 4 is 11.6 Å². The summed E-state index contributed by atoms with van der Waals surface area (Å²) < 4.78 is 78.3. The number of benzene rings is 1. The number of carbonyl (C=O) groups excluding carboxylic acids is 1. The smallest absolute Gasteiger partial charge is 0.425 e. The van der Waals surface area contributed by atoms with Gasteiger partial charge in [0.2, 0.25) is 11.8 Å². The van der Waals surface area contributed by atoms with Gasteiger partial charge in [0.1, 0.15) is 12.1 Å². The van der Waals surface area contributed by atoms with Crippen molar-refractivity contribution in [3.8, 4) is 22.8 Å². The van der Waals surface area contributed by atoms with Crippen LogP contribution in [-0.2, 0) is 9.53 Å². The summed E-state index contributed by atoms with van der Waals surface area (Å²) in [5.41, 5.74) is 2.22. The molecule has 1 aliphatic rings. The van der Waals surface area contributed by atoms with Crippen molar-refractivity contribution in [1.82, 2.24) is 15.0 Å². The second-order valence-corrected chi connectivity index (χ2v) is 8.78. The predicted molar refractivity (Wildman–Crippen MR) is 130 cm³/mol. The maximum Gasteiger partial charge on any atom is 0.425 e. The summed E-state index contributed by atoms with van der Waals surface area (Å²) in [6.07, 6.45) is -1.66. The molecule has 4 rings (SSSR count). The van der Waals surface area contributed by atoms with Crippen LogP contribution in [0.3, 0.4) is 0 Å². The quantitative estimate of drug-likeness (QED) is 0.300. The molecular weight excluding hydrogens is 527 g/mol. The lowest BCUT2D eigenvalue weighted by molar-refractivity contribution is -0.189. The van der Waals surface area contributed by atoms with Gasteiger partial charge in [-0.3, -0.25) is 4.79 Å². The number of aromatic nitrogens is 3. The molecule has 208 valence electrons. The first-order valence-electron chi connectivity index (χ1n) is 11.9. The predicted octanol–water partition coefficient (Wildman–Crippen LogP) is 5.25.